The maximum atomic E-state index is 11.5. The van der Waals surface area contributed by atoms with Gasteiger partial charge in [0, 0.05) is 18.5 Å². The molecule has 1 aliphatic rings. The highest BCUT2D eigenvalue weighted by atomic mass is 32.2. The summed E-state index contributed by atoms with van der Waals surface area (Å²) in [5.41, 5.74) is 2.30. The van der Waals surface area contributed by atoms with E-state index >= 15 is 0 Å². The lowest BCUT2D eigenvalue weighted by molar-refractivity contribution is -0.116. The summed E-state index contributed by atoms with van der Waals surface area (Å²) in [6, 6.07) is 6.29. The van der Waals surface area contributed by atoms with Gasteiger partial charge in [-0.25, -0.2) is 0 Å². The van der Waals surface area contributed by atoms with Crippen LogP contribution in [0.15, 0.2) is 23.1 Å². The van der Waals surface area contributed by atoms with Crippen LogP contribution in [-0.4, -0.2) is 25.3 Å². The first kappa shape index (κ1) is 11.5. The third-order valence-corrected chi connectivity index (χ3v) is 3.72. The summed E-state index contributed by atoms with van der Waals surface area (Å²) in [7, 11) is 1.84. The molecule has 0 aromatic heterocycles. The Labute approximate surface area is 100 Å². The molecule has 0 fully saturated rings. The van der Waals surface area contributed by atoms with Gasteiger partial charge in [-0.15, -0.1) is 11.8 Å². The Morgan fingerprint density at radius 3 is 3.06 bits per heavy atom. The van der Waals surface area contributed by atoms with Crippen molar-refractivity contribution >= 4 is 23.4 Å². The van der Waals surface area contributed by atoms with Crippen LogP contribution in [0.1, 0.15) is 12.5 Å². The third-order valence-electron chi connectivity index (χ3n) is 2.69. The second-order valence-electron chi connectivity index (χ2n) is 3.82. The fourth-order valence-electron chi connectivity index (χ4n) is 1.70. The van der Waals surface area contributed by atoms with Crippen LogP contribution in [-0.2, 0) is 11.3 Å². The molecule has 2 rings (SSSR count). The summed E-state index contributed by atoms with van der Waals surface area (Å²) in [5.74, 6) is 0.727. The van der Waals surface area contributed by atoms with E-state index in [1.54, 1.807) is 16.7 Å². The first-order valence-electron chi connectivity index (χ1n) is 5.45. The molecule has 0 atom stereocenters. The van der Waals surface area contributed by atoms with E-state index in [0.29, 0.717) is 5.75 Å². The van der Waals surface area contributed by atoms with E-state index in [1.807, 2.05) is 13.1 Å². The van der Waals surface area contributed by atoms with E-state index in [1.165, 1.54) is 10.5 Å². The number of benzene rings is 1. The normalized spacial score (nSPS) is 15.1. The molecule has 0 aliphatic carbocycles. The molecule has 3 nitrogen and oxygen atoms in total. The third kappa shape index (κ3) is 2.23. The molecule has 0 unspecified atom stereocenters. The van der Waals surface area contributed by atoms with Crippen molar-refractivity contribution in [1.29, 1.82) is 0 Å². The summed E-state index contributed by atoms with van der Waals surface area (Å²) in [5, 5.41) is 3.30. The molecule has 1 aliphatic heterocycles. The van der Waals surface area contributed by atoms with Crippen molar-refractivity contribution in [2.24, 2.45) is 0 Å². The highest BCUT2D eigenvalue weighted by Gasteiger charge is 2.21. The van der Waals surface area contributed by atoms with Gasteiger partial charge in [0.2, 0.25) is 5.91 Å². The molecule has 1 aromatic carbocycles. The minimum atomic E-state index is 0.178. The van der Waals surface area contributed by atoms with Crippen LogP contribution >= 0.6 is 11.8 Å². The number of fused-ring (bicyclic) bond motifs is 1. The van der Waals surface area contributed by atoms with Gasteiger partial charge < -0.3 is 10.2 Å². The Hall–Kier alpha value is -1.00. The fraction of sp³-hybridized carbons (Fsp3) is 0.417. The van der Waals surface area contributed by atoms with E-state index in [4.69, 9.17) is 0 Å². The largest absolute Gasteiger partial charge is 0.314 e. The Morgan fingerprint density at radius 1 is 1.50 bits per heavy atom. The van der Waals surface area contributed by atoms with E-state index in [2.05, 4.69) is 24.4 Å². The second kappa shape index (κ2) is 4.89. The van der Waals surface area contributed by atoms with E-state index in [-0.39, 0.29) is 5.91 Å². The molecule has 0 saturated carbocycles. The van der Waals surface area contributed by atoms with Crippen LogP contribution in [0.25, 0.3) is 0 Å². The minimum absolute atomic E-state index is 0.178. The number of rotatable bonds is 3. The van der Waals surface area contributed by atoms with Gasteiger partial charge in [0.15, 0.2) is 0 Å². The molecule has 1 heterocycles. The summed E-state index contributed by atoms with van der Waals surface area (Å²) in [4.78, 5) is 14.5. The zero-order chi connectivity index (χ0) is 11.5. The molecule has 0 saturated heterocycles. The Balaban J connectivity index is 2.23. The fourth-order valence-corrected chi connectivity index (χ4v) is 2.76. The number of carbonyl (C=O) groups is 1. The molecule has 86 valence electrons. The molecular formula is C12H16N2OS. The lowest BCUT2D eigenvalue weighted by atomic mass is 10.2. The predicted molar refractivity (Wildman–Crippen MR) is 68.0 cm³/mol. The number of hydrogen-bond acceptors (Lipinski definition) is 3. The molecule has 4 heteroatoms. The molecule has 0 spiro atoms. The quantitative estimate of drug-likeness (QED) is 0.869. The Bertz CT molecular complexity index is 406. The average Bonchev–Trinajstić information content (AvgIpc) is 2.31. The van der Waals surface area contributed by atoms with E-state index < -0.39 is 0 Å². The van der Waals surface area contributed by atoms with E-state index in [0.717, 1.165) is 18.8 Å². The predicted octanol–water partition coefficient (Wildman–Crippen LogP) is 1.86. The van der Waals surface area contributed by atoms with Gasteiger partial charge in [0.1, 0.15) is 0 Å². The maximum Gasteiger partial charge on any atom is 0.237 e. The summed E-state index contributed by atoms with van der Waals surface area (Å²) in [6.07, 6.45) is 0. The Kier molecular flexibility index (Phi) is 3.51. The topological polar surface area (TPSA) is 32.3 Å². The van der Waals surface area contributed by atoms with Gasteiger partial charge in [0.25, 0.3) is 0 Å². The monoisotopic (exact) mass is 236 g/mol. The molecule has 1 aromatic rings. The number of nitrogens with one attached hydrogen (secondary N) is 1. The van der Waals surface area contributed by atoms with Crippen LogP contribution in [0.2, 0.25) is 0 Å². The molecule has 0 bridgehead atoms. The molecule has 1 amide bonds. The van der Waals surface area contributed by atoms with Gasteiger partial charge in [-0.1, -0.05) is 13.0 Å². The summed E-state index contributed by atoms with van der Waals surface area (Å²) < 4.78 is 0. The highest BCUT2D eigenvalue weighted by Crippen LogP contribution is 2.34. The van der Waals surface area contributed by atoms with Crippen LogP contribution < -0.4 is 10.2 Å². The summed E-state index contributed by atoms with van der Waals surface area (Å²) in [6.45, 7) is 3.96. The SMILES string of the molecule is CCNCc1ccc2c(c1)SCC(=O)N2C. The van der Waals surface area contributed by atoms with Gasteiger partial charge >= 0.3 is 0 Å². The molecule has 1 N–H and O–H groups in total. The molecule has 0 radical (unpaired) electrons. The van der Waals surface area contributed by atoms with Crippen LogP contribution in [0.3, 0.4) is 0 Å². The lowest BCUT2D eigenvalue weighted by Gasteiger charge is -2.25. The molecular weight excluding hydrogens is 220 g/mol. The van der Waals surface area contributed by atoms with E-state index in [9.17, 15) is 4.79 Å². The lowest BCUT2D eigenvalue weighted by Crippen LogP contribution is -2.31. The first-order chi connectivity index (χ1) is 7.72. The number of hydrogen-bond donors (Lipinski definition) is 1. The van der Waals surface area contributed by atoms with Crippen molar-refractivity contribution in [3.8, 4) is 0 Å². The van der Waals surface area contributed by atoms with Crippen molar-refractivity contribution in [3.05, 3.63) is 23.8 Å². The van der Waals surface area contributed by atoms with Crippen molar-refractivity contribution in [3.63, 3.8) is 0 Å². The zero-order valence-corrected chi connectivity index (χ0v) is 10.4. The number of carbonyl (C=O) groups excluding carboxylic acids is 1. The number of thioether (sulfide) groups is 1. The van der Waals surface area contributed by atoms with Crippen molar-refractivity contribution < 1.29 is 4.79 Å². The standard InChI is InChI=1S/C12H16N2OS/c1-3-13-7-9-4-5-10-11(6-9)16-8-12(15)14(10)2/h4-6,13H,3,7-8H2,1-2H3. The number of anilines is 1. The number of nitrogens with zero attached hydrogens (tertiary/aromatic N) is 1. The smallest absolute Gasteiger partial charge is 0.237 e. The van der Waals surface area contributed by atoms with Gasteiger partial charge in [-0.3, -0.25) is 4.79 Å². The highest BCUT2D eigenvalue weighted by molar-refractivity contribution is 8.00. The van der Waals surface area contributed by atoms with Crippen LogP contribution in [0.5, 0.6) is 0 Å². The second-order valence-corrected chi connectivity index (χ2v) is 4.84. The van der Waals surface area contributed by atoms with Gasteiger partial charge in [-0.2, -0.15) is 0 Å². The van der Waals surface area contributed by atoms with Crippen molar-refractivity contribution in [2.75, 3.05) is 24.2 Å². The van der Waals surface area contributed by atoms with Crippen LogP contribution in [0.4, 0.5) is 5.69 Å². The van der Waals surface area contributed by atoms with Crippen molar-refractivity contribution in [1.82, 2.24) is 5.32 Å². The minimum Gasteiger partial charge on any atom is -0.314 e. The first-order valence-corrected chi connectivity index (χ1v) is 6.44. The zero-order valence-electron chi connectivity index (χ0n) is 9.62. The molecule has 16 heavy (non-hydrogen) atoms. The number of amides is 1. The van der Waals surface area contributed by atoms with Gasteiger partial charge in [-0.05, 0) is 24.2 Å². The van der Waals surface area contributed by atoms with Crippen molar-refractivity contribution in [2.45, 2.75) is 18.4 Å². The Morgan fingerprint density at radius 2 is 2.31 bits per heavy atom. The van der Waals surface area contributed by atoms with Gasteiger partial charge in [0.05, 0.1) is 11.4 Å². The summed E-state index contributed by atoms with van der Waals surface area (Å²) >= 11 is 1.63. The van der Waals surface area contributed by atoms with Crippen LogP contribution in [0, 0.1) is 0 Å². The average molecular weight is 236 g/mol. The maximum absolute atomic E-state index is 11.5.